The Morgan fingerprint density at radius 2 is 0.679 bits per heavy atom. The van der Waals surface area contributed by atoms with Gasteiger partial charge in [0.15, 0.2) is 0 Å². The van der Waals surface area contributed by atoms with E-state index in [1.807, 2.05) is 0 Å². The van der Waals surface area contributed by atoms with Crippen LogP contribution in [0.1, 0.15) is 116 Å². The van der Waals surface area contributed by atoms with Crippen LogP contribution in [0.5, 0.6) is 0 Å². The molecular weight excluding hydrogens is 375 g/mol. The van der Waals surface area contributed by atoms with Crippen molar-refractivity contribution in [2.75, 3.05) is 26.4 Å². The number of unbranched alkanes of at least 4 members (excludes halogenated alkanes) is 16. The number of rotatable bonds is 24. The molecule has 0 aliphatic carbocycles. The van der Waals surface area contributed by atoms with Crippen molar-refractivity contribution in [2.24, 2.45) is 0 Å². The lowest BCUT2D eigenvalue weighted by atomic mass is 10.1. The van der Waals surface area contributed by atoms with Gasteiger partial charge in [0.05, 0.1) is 0 Å². The van der Waals surface area contributed by atoms with Crippen LogP contribution >= 0.6 is 8.25 Å². The van der Waals surface area contributed by atoms with Gasteiger partial charge in [0.25, 0.3) is 0 Å². The van der Waals surface area contributed by atoms with E-state index in [4.69, 9.17) is 19.3 Å². The number of aliphatic hydroxyl groups is 2. The first-order chi connectivity index (χ1) is 13.8. The van der Waals surface area contributed by atoms with Crippen LogP contribution < -0.4 is 0 Å². The molecule has 0 amide bonds. The monoisotopic (exact) mass is 421 g/mol. The average molecular weight is 422 g/mol. The molecule has 0 heterocycles. The summed E-state index contributed by atoms with van der Waals surface area (Å²) in [5, 5.41) is 17.4. The van der Waals surface area contributed by atoms with E-state index >= 15 is 0 Å². The third-order valence-corrected chi connectivity index (χ3v) is 5.79. The Hall–Kier alpha value is -0.0600. The molecular formula is C22H46O5P+. The molecule has 0 aliphatic heterocycles. The Morgan fingerprint density at radius 3 is 0.964 bits per heavy atom. The summed E-state index contributed by atoms with van der Waals surface area (Å²) in [4.78, 5) is 0. The van der Waals surface area contributed by atoms with Gasteiger partial charge in [0.2, 0.25) is 0 Å². The highest BCUT2D eigenvalue weighted by Gasteiger charge is 2.18. The molecule has 168 valence electrons. The summed E-state index contributed by atoms with van der Waals surface area (Å²) >= 11 is 0. The maximum atomic E-state index is 11.6. The fourth-order valence-corrected chi connectivity index (χ4v) is 3.85. The fourth-order valence-electron chi connectivity index (χ4n) is 3.22. The molecule has 0 aromatic heterocycles. The molecule has 0 unspecified atom stereocenters. The van der Waals surface area contributed by atoms with Gasteiger partial charge in [-0.15, -0.1) is 9.05 Å². The zero-order valence-corrected chi connectivity index (χ0v) is 19.0. The molecule has 0 rings (SSSR count). The highest BCUT2D eigenvalue weighted by atomic mass is 31.1. The zero-order valence-electron chi connectivity index (χ0n) is 18.1. The summed E-state index contributed by atoms with van der Waals surface area (Å²) in [6, 6.07) is 0. The van der Waals surface area contributed by atoms with Gasteiger partial charge >= 0.3 is 8.25 Å². The molecule has 28 heavy (non-hydrogen) atoms. The molecule has 5 nitrogen and oxygen atoms in total. The van der Waals surface area contributed by atoms with Crippen LogP contribution in [0.15, 0.2) is 0 Å². The fraction of sp³-hybridized carbons (Fsp3) is 1.00. The Balaban J connectivity index is 3.13. The summed E-state index contributed by atoms with van der Waals surface area (Å²) in [6.45, 7) is 1.70. The molecule has 6 heteroatoms. The molecule has 0 bridgehead atoms. The SMILES string of the molecule is O=[P+](OCCCCCCCCCCCO)OCCCCCCCCCCCO. The molecule has 0 aromatic rings. The number of aliphatic hydroxyl groups excluding tert-OH is 2. The highest BCUT2D eigenvalue weighted by molar-refractivity contribution is 7.33. The van der Waals surface area contributed by atoms with Crippen molar-refractivity contribution in [3.8, 4) is 0 Å². The lowest BCUT2D eigenvalue weighted by Crippen LogP contribution is -1.92. The number of hydrogen-bond donors (Lipinski definition) is 2. The summed E-state index contributed by atoms with van der Waals surface area (Å²) in [7, 11) is -1.94. The molecule has 2 N–H and O–H groups in total. The van der Waals surface area contributed by atoms with Crippen molar-refractivity contribution < 1.29 is 23.8 Å². The van der Waals surface area contributed by atoms with Crippen molar-refractivity contribution in [1.82, 2.24) is 0 Å². The van der Waals surface area contributed by atoms with Gasteiger partial charge in [-0.05, 0) is 25.7 Å². The highest BCUT2D eigenvalue weighted by Crippen LogP contribution is 2.25. The van der Waals surface area contributed by atoms with Gasteiger partial charge in [-0.25, -0.2) is 0 Å². The van der Waals surface area contributed by atoms with Crippen LogP contribution in [-0.4, -0.2) is 36.6 Å². The Labute approximate surface area is 174 Å². The first-order valence-corrected chi connectivity index (χ1v) is 12.9. The van der Waals surface area contributed by atoms with Gasteiger partial charge in [-0.3, -0.25) is 0 Å². The maximum absolute atomic E-state index is 11.6. The smallest absolute Gasteiger partial charge is 0.396 e. The van der Waals surface area contributed by atoms with Crippen LogP contribution in [0, 0.1) is 0 Å². The first-order valence-electron chi connectivity index (χ1n) is 11.8. The third-order valence-electron chi connectivity index (χ3n) is 5.00. The van der Waals surface area contributed by atoms with Crippen molar-refractivity contribution in [3.63, 3.8) is 0 Å². The van der Waals surface area contributed by atoms with E-state index in [0.717, 1.165) is 51.4 Å². The van der Waals surface area contributed by atoms with E-state index < -0.39 is 8.25 Å². The predicted molar refractivity (Wildman–Crippen MR) is 117 cm³/mol. The van der Waals surface area contributed by atoms with E-state index in [9.17, 15) is 4.57 Å². The summed E-state index contributed by atoms with van der Waals surface area (Å²) in [6.07, 6.45) is 20.8. The van der Waals surface area contributed by atoms with E-state index in [1.165, 1.54) is 64.2 Å². The molecule has 0 aromatic carbocycles. The molecule has 0 fully saturated rings. The van der Waals surface area contributed by atoms with Crippen molar-refractivity contribution in [3.05, 3.63) is 0 Å². The van der Waals surface area contributed by atoms with Gasteiger partial charge < -0.3 is 10.2 Å². The lowest BCUT2D eigenvalue weighted by Gasteiger charge is -2.01. The molecule has 0 spiro atoms. The van der Waals surface area contributed by atoms with Crippen LogP contribution in [0.2, 0.25) is 0 Å². The van der Waals surface area contributed by atoms with E-state index in [-0.39, 0.29) is 0 Å². The summed E-state index contributed by atoms with van der Waals surface area (Å²) < 4.78 is 22.1. The summed E-state index contributed by atoms with van der Waals surface area (Å²) in [5.74, 6) is 0. The predicted octanol–water partition coefficient (Wildman–Crippen LogP) is 6.68. The first kappa shape index (κ1) is 27.9. The van der Waals surface area contributed by atoms with E-state index in [1.54, 1.807) is 0 Å². The minimum atomic E-state index is -1.94. The minimum Gasteiger partial charge on any atom is -0.396 e. The zero-order chi connectivity index (χ0) is 20.5. The van der Waals surface area contributed by atoms with Gasteiger partial charge in [-0.2, -0.15) is 0 Å². The minimum absolute atomic E-state index is 0.319. The average Bonchev–Trinajstić information content (AvgIpc) is 2.70. The lowest BCUT2D eigenvalue weighted by molar-refractivity contribution is 0.218. The van der Waals surface area contributed by atoms with Gasteiger partial charge in [-0.1, -0.05) is 89.9 Å². The van der Waals surface area contributed by atoms with Gasteiger partial charge in [0, 0.05) is 17.8 Å². The van der Waals surface area contributed by atoms with E-state index in [2.05, 4.69) is 0 Å². The van der Waals surface area contributed by atoms with Crippen LogP contribution in [-0.2, 0) is 13.6 Å². The van der Waals surface area contributed by atoms with Crippen LogP contribution in [0.3, 0.4) is 0 Å². The standard InChI is InChI=1S/C22H46O5P/c23-19-15-11-7-3-1-5-9-13-17-21-26-28(25)27-22-18-14-10-6-2-4-8-12-16-20-24/h23-24H,1-22H2/q+1. The topological polar surface area (TPSA) is 76.0 Å². The summed E-state index contributed by atoms with van der Waals surface area (Å²) in [5.41, 5.74) is 0. The molecule has 0 saturated carbocycles. The quantitative estimate of drug-likeness (QED) is 0.134. The second-order valence-electron chi connectivity index (χ2n) is 7.70. The molecule has 0 radical (unpaired) electrons. The molecule has 0 aliphatic rings. The van der Waals surface area contributed by atoms with Crippen molar-refractivity contribution in [1.29, 1.82) is 0 Å². The van der Waals surface area contributed by atoms with Crippen LogP contribution in [0.4, 0.5) is 0 Å². The Bertz CT molecular complexity index is 287. The maximum Gasteiger partial charge on any atom is 0.697 e. The van der Waals surface area contributed by atoms with Crippen molar-refractivity contribution in [2.45, 2.75) is 116 Å². The normalized spacial score (nSPS) is 11.2. The Kier molecular flexibility index (Phi) is 24.9. The van der Waals surface area contributed by atoms with Crippen LogP contribution in [0.25, 0.3) is 0 Å². The number of hydrogen-bond acceptors (Lipinski definition) is 5. The largest absolute Gasteiger partial charge is 0.697 e. The van der Waals surface area contributed by atoms with Crippen molar-refractivity contribution >= 4 is 8.25 Å². The third kappa shape index (κ3) is 24.0. The molecule has 0 atom stereocenters. The van der Waals surface area contributed by atoms with Gasteiger partial charge in [0.1, 0.15) is 13.2 Å². The molecule has 0 saturated heterocycles. The second kappa shape index (κ2) is 25.0. The Morgan fingerprint density at radius 1 is 0.429 bits per heavy atom. The second-order valence-corrected chi connectivity index (χ2v) is 8.66. The van der Waals surface area contributed by atoms with E-state index in [0.29, 0.717) is 26.4 Å².